The average Bonchev–Trinajstić information content (AvgIpc) is 2.57. The number of thiophene rings is 1. The largest absolute Gasteiger partial charge is 0.348 e. The van der Waals surface area contributed by atoms with E-state index in [0.29, 0.717) is 6.42 Å². The number of rotatable bonds is 4. The van der Waals surface area contributed by atoms with Crippen molar-refractivity contribution in [3.63, 3.8) is 0 Å². The second kappa shape index (κ2) is 5.19. The standard InChI is InChI=1S/C13H22N2OS/c1-6-13(5,14)12(16)15-9(3)11-7-8(2)17-10(11)4/h7,9H,6,14H2,1-5H3,(H,15,16). The summed E-state index contributed by atoms with van der Waals surface area (Å²) in [7, 11) is 0. The van der Waals surface area contributed by atoms with Gasteiger partial charge >= 0.3 is 0 Å². The van der Waals surface area contributed by atoms with Crippen LogP contribution in [0.25, 0.3) is 0 Å². The third kappa shape index (κ3) is 3.30. The van der Waals surface area contributed by atoms with E-state index < -0.39 is 5.54 Å². The minimum absolute atomic E-state index is 0.0156. The van der Waals surface area contributed by atoms with E-state index in [1.54, 1.807) is 18.3 Å². The van der Waals surface area contributed by atoms with E-state index in [-0.39, 0.29) is 11.9 Å². The Morgan fingerprint density at radius 1 is 1.59 bits per heavy atom. The first-order valence-electron chi connectivity index (χ1n) is 5.94. The fourth-order valence-corrected chi connectivity index (χ4v) is 2.70. The van der Waals surface area contributed by atoms with Crippen LogP contribution in [0.3, 0.4) is 0 Å². The van der Waals surface area contributed by atoms with Gasteiger partial charge in [-0.05, 0) is 45.7 Å². The van der Waals surface area contributed by atoms with Gasteiger partial charge in [0.05, 0.1) is 11.6 Å². The summed E-state index contributed by atoms with van der Waals surface area (Å²) in [5, 5.41) is 2.98. The highest BCUT2D eigenvalue weighted by Gasteiger charge is 2.27. The molecular weight excluding hydrogens is 232 g/mol. The SMILES string of the molecule is CCC(C)(N)C(=O)NC(C)c1cc(C)sc1C. The van der Waals surface area contributed by atoms with Gasteiger partial charge in [-0.2, -0.15) is 0 Å². The van der Waals surface area contributed by atoms with Crippen LogP contribution in [0.2, 0.25) is 0 Å². The van der Waals surface area contributed by atoms with E-state index in [1.165, 1.54) is 15.3 Å². The molecule has 1 aromatic rings. The number of hydrogen-bond donors (Lipinski definition) is 2. The average molecular weight is 254 g/mol. The Bertz CT molecular complexity index is 410. The van der Waals surface area contributed by atoms with Crippen molar-refractivity contribution in [2.75, 3.05) is 0 Å². The molecule has 96 valence electrons. The normalized spacial score (nSPS) is 16.4. The van der Waals surface area contributed by atoms with Crippen molar-refractivity contribution in [3.05, 3.63) is 21.4 Å². The summed E-state index contributed by atoms with van der Waals surface area (Å²) in [4.78, 5) is 14.5. The van der Waals surface area contributed by atoms with Gasteiger partial charge in [0.25, 0.3) is 0 Å². The predicted octanol–water partition coefficient (Wildman–Crippen LogP) is 2.67. The predicted molar refractivity (Wildman–Crippen MR) is 73.2 cm³/mol. The molecule has 17 heavy (non-hydrogen) atoms. The van der Waals surface area contributed by atoms with E-state index >= 15 is 0 Å². The molecule has 1 aromatic heterocycles. The summed E-state index contributed by atoms with van der Waals surface area (Å²) in [5.74, 6) is -0.0873. The summed E-state index contributed by atoms with van der Waals surface area (Å²) in [5.41, 5.74) is 6.32. The summed E-state index contributed by atoms with van der Waals surface area (Å²) in [6, 6.07) is 2.15. The highest BCUT2D eigenvalue weighted by Crippen LogP contribution is 2.26. The number of nitrogens with one attached hydrogen (secondary N) is 1. The Kier molecular flexibility index (Phi) is 4.33. The topological polar surface area (TPSA) is 55.1 Å². The molecular formula is C13H22N2OS. The maximum Gasteiger partial charge on any atom is 0.240 e. The van der Waals surface area contributed by atoms with Crippen LogP contribution in [0, 0.1) is 13.8 Å². The lowest BCUT2D eigenvalue weighted by atomic mass is 9.98. The van der Waals surface area contributed by atoms with Gasteiger partial charge in [0.15, 0.2) is 0 Å². The molecule has 0 spiro atoms. The Morgan fingerprint density at radius 2 is 2.18 bits per heavy atom. The second-order valence-electron chi connectivity index (χ2n) is 4.83. The van der Waals surface area contributed by atoms with E-state index in [0.717, 1.165) is 0 Å². The van der Waals surface area contributed by atoms with Crippen LogP contribution in [-0.2, 0) is 4.79 Å². The summed E-state index contributed by atoms with van der Waals surface area (Å²) >= 11 is 1.76. The van der Waals surface area contributed by atoms with Crippen LogP contribution in [0.4, 0.5) is 0 Å². The zero-order chi connectivity index (χ0) is 13.2. The minimum Gasteiger partial charge on any atom is -0.348 e. The van der Waals surface area contributed by atoms with Crippen molar-refractivity contribution in [2.24, 2.45) is 5.73 Å². The molecule has 0 aliphatic heterocycles. The summed E-state index contributed by atoms with van der Waals surface area (Å²) in [6.45, 7) is 9.84. The molecule has 0 saturated heterocycles. The fourth-order valence-electron chi connectivity index (χ4n) is 1.68. The maximum atomic E-state index is 12.0. The highest BCUT2D eigenvalue weighted by molar-refractivity contribution is 7.12. The highest BCUT2D eigenvalue weighted by atomic mass is 32.1. The van der Waals surface area contributed by atoms with Crippen LogP contribution in [-0.4, -0.2) is 11.4 Å². The summed E-state index contributed by atoms with van der Waals surface area (Å²) < 4.78 is 0. The Hall–Kier alpha value is -0.870. The van der Waals surface area contributed by atoms with Crippen molar-refractivity contribution in [2.45, 2.75) is 52.6 Å². The van der Waals surface area contributed by atoms with E-state index in [4.69, 9.17) is 5.73 Å². The van der Waals surface area contributed by atoms with E-state index in [9.17, 15) is 4.79 Å². The van der Waals surface area contributed by atoms with Crippen LogP contribution >= 0.6 is 11.3 Å². The first-order chi connectivity index (χ1) is 7.77. The molecule has 3 N–H and O–H groups in total. The first-order valence-corrected chi connectivity index (χ1v) is 6.76. The fraction of sp³-hybridized carbons (Fsp3) is 0.615. The third-order valence-corrected chi connectivity index (χ3v) is 4.13. The number of carbonyl (C=O) groups is 1. The smallest absolute Gasteiger partial charge is 0.240 e. The molecule has 0 bridgehead atoms. The van der Waals surface area contributed by atoms with Gasteiger partial charge in [-0.15, -0.1) is 11.3 Å². The van der Waals surface area contributed by atoms with Gasteiger partial charge in [-0.3, -0.25) is 4.79 Å². The molecule has 0 aliphatic carbocycles. The van der Waals surface area contributed by atoms with Crippen molar-refractivity contribution >= 4 is 17.2 Å². The summed E-state index contributed by atoms with van der Waals surface area (Å²) in [6.07, 6.45) is 0.632. The Balaban J connectivity index is 2.77. The molecule has 3 nitrogen and oxygen atoms in total. The van der Waals surface area contributed by atoms with Crippen LogP contribution in [0.5, 0.6) is 0 Å². The molecule has 0 aromatic carbocycles. The van der Waals surface area contributed by atoms with Crippen molar-refractivity contribution < 1.29 is 4.79 Å². The van der Waals surface area contributed by atoms with Gasteiger partial charge < -0.3 is 11.1 Å². The molecule has 2 unspecified atom stereocenters. The van der Waals surface area contributed by atoms with Crippen LogP contribution in [0.1, 0.15) is 48.6 Å². The molecule has 4 heteroatoms. The third-order valence-electron chi connectivity index (χ3n) is 3.15. The molecule has 0 radical (unpaired) electrons. The van der Waals surface area contributed by atoms with Gasteiger partial charge in [0.1, 0.15) is 0 Å². The van der Waals surface area contributed by atoms with Crippen molar-refractivity contribution in [1.29, 1.82) is 0 Å². The van der Waals surface area contributed by atoms with Crippen molar-refractivity contribution in [1.82, 2.24) is 5.32 Å². The van der Waals surface area contributed by atoms with Gasteiger partial charge in [0, 0.05) is 9.75 Å². The maximum absolute atomic E-state index is 12.0. The lowest BCUT2D eigenvalue weighted by molar-refractivity contribution is -0.126. The molecule has 1 amide bonds. The molecule has 0 fully saturated rings. The molecule has 1 rings (SSSR count). The van der Waals surface area contributed by atoms with Gasteiger partial charge in [0.2, 0.25) is 5.91 Å². The molecule has 0 aliphatic rings. The Morgan fingerprint density at radius 3 is 2.59 bits per heavy atom. The first kappa shape index (κ1) is 14.2. The number of hydrogen-bond acceptors (Lipinski definition) is 3. The zero-order valence-electron chi connectivity index (χ0n) is 11.3. The quantitative estimate of drug-likeness (QED) is 0.868. The van der Waals surface area contributed by atoms with Gasteiger partial charge in [-0.25, -0.2) is 0 Å². The lowest BCUT2D eigenvalue weighted by Gasteiger charge is -2.24. The second-order valence-corrected chi connectivity index (χ2v) is 6.30. The number of amides is 1. The minimum atomic E-state index is -0.784. The lowest BCUT2D eigenvalue weighted by Crippen LogP contribution is -2.51. The van der Waals surface area contributed by atoms with Crippen LogP contribution in [0.15, 0.2) is 6.07 Å². The molecule has 1 heterocycles. The Labute approximate surface area is 107 Å². The molecule has 2 atom stereocenters. The number of nitrogens with two attached hydrogens (primary N) is 1. The monoisotopic (exact) mass is 254 g/mol. The van der Waals surface area contributed by atoms with E-state index in [1.807, 2.05) is 13.8 Å². The van der Waals surface area contributed by atoms with Gasteiger partial charge in [-0.1, -0.05) is 6.92 Å². The van der Waals surface area contributed by atoms with E-state index in [2.05, 4.69) is 25.2 Å². The number of aryl methyl sites for hydroxylation is 2. The molecule has 0 saturated carbocycles. The van der Waals surface area contributed by atoms with Crippen molar-refractivity contribution in [3.8, 4) is 0 Å². The zero-order valence-corrected chi connectivity index (χ0v) is 12.1. The number of carbonyl (C=O) groups excluding carboxylic acids is 1. The van der Waals surface area contributed by atoms with Crippen LogP contribution < -0.4 is 11.1 Å².